The van der Waals surface area contributed by atoms with E-state index in [0.717, 1.165) is 52.5 Å². The zero-order valence-electron chi connectivity index (χ0n) is 20.5. The summed E-state index contributed by atoms with van der Waals surface area (Å²) < 4.78 is 0. The summed E-state index contributed by atoms with van der Waals surface area (Å²) in [4.78, 5) is 25.3. The van der Waals surface area contributed by atoms with E-state index in [2.05, 4.69) is 24.1 Å². The third kappa shape index (κ3) is 4.82. The van der Waals surface area contributed by atoms with Gasteiger partial charge < -0.3 is 10.2 Å². The van der Waals surface area contributed by atoms with Gasteiger partial charge in [-0.15, -0.1) is 0 Å². The highest BCUT2D eigenvalue weighted by atomic mass is 16.1. The molecule has 4 aromatic carbocycles. The highest BCUT2D eigenvalue weighted by Gasteiger charge is 2.15. The van der Waals surface area contributed by atoms with Crippen LogP contribution in [0.1, 0.15) is 24.2 Å². The number of rotatable bonds is 7. The maximum Gasteiger partial charge on any atom is 0.255 e. The van der Waals surface area contributed by atoms with Gasteiger partial charge >= 0.3 is 0 Å². The van der Waals surface area contributed by atoms with Gasteiger partial charge in [0.2, 0.25) is 0 Å². The van der Waals surface area contributed by atoms with E-state index in [0.29, 0.717) is 11.1 Å². The van der Waals surface area contributed by atoms with Crippen molar-refractivity contribution in [3.63, 3.8) is 0 Å². The first-order chi connectivity index (χ1) is 17.7. The first kappa shape index (κ1) is 23.2. The van der Waals surface area contributed by atoms with Crippen molar-refractivity contribution in [3.05, 3.63) is 109 Å². The van der Waals surface area contributed by atoms with E-state index in [1.807, 2.05) is 97.1 Å². The molecule has 0 spiro atoms. The van der Waals surface area contributed by atoms with Crippen molar-refractivity contribution in [3.8, 4) is 22.5 Å². The lowest BCUT2D eigenvalue weighted by molar-refractivity contribution is 0.102. The average Bonchev–Trinajstić information content (AvgIpc) is 2.94. The molecule has 1 N–H and O–H groups in total. The Balaban J connectivity index is 1.48. The molecular weight excluding hydrogens is 444 g/mol. The number of hydrogen-bond donors (Lipinski definition) is 1. The van der Waals surface area contributed by atoms with Gasteiger partial charge in [0.25, 0.3) is 5.91 Å². The highest BCUT2D eigenvalue weighted by Crippen LogP contribution is 2.31. The Labute approximate surface area is 211 Å². The van der Waals surface area contributed by atoms with Gasteiger partial charge in [-0.25, -0.2) is 9.97 Å². The predicted molar refractivity (Wildman–Crippen MR) is 148 cm³/mol. The summed E-state index contributed by atoms with van der Waals surface area (Å²) in [5.41, 5.74) is 7.45. The lowest BCUT2D eigenvalue weighted by Crippen LogP contribution is -2.21. The summed E-state index contributed by atoms with van der Waals surface area (Å²) in [6.07, 6.45) is 0. The summed E-state index contributed by atoms with van der Waals surface area (Å²) in [6.45, 7) is 6.15. The normalized spacial score (nSPS) is 10.8. The second kappa shape index (κ2) is 10.4. The van der Waals surface area contributed by atoms with Crippen LogP contribution in [0.15, 0.2) is 103 Å². The second-order valence-electron chi connectivity index (χ2n) is 8.53. The monoisotopic (exact) mass is 472 g/mol. The van der Waals surface area contributed by atoms with Gasteiger partial charge in [0, 0.05) is 41.2 Å². The van der Waals surface area contributed by atoms with Crippen LogP contribution in [-0.2, 0) is 0 Å². The molecular formula is C31H28N4O. The number of aromatic nitrogens is 2. The quantitative estimate of drug-likeness (QED) is 0.275. The lowest BCUT2D eigenvalue weighted by atomic mass is 10.0. The molecule has 0 aliphatic heterocycles. The van der Waals surface area contributed by atoms with Crippen molar-refractivity contribution in [2.24, 2.45) is 0 Å². The Morgan fingerprint density at radius 2 is 1.25 bits per heavy atom. The number of fused-ring (bicyclic) bond motifs is 1. The number of amides is 1. The van der Waals surface area contributed by atoms with E-state index in [1.54, 1.807) is 6.07 Å². The summed E-state index contributed by atoms with van der Waals surface area (Å²) in [5.74, 6) is -0.178. The van der Waals surface area contributed by atoms with Gasteiger partial charge in [0.1, 0.15) is 0 Å². The summed E-state index contributed by atoms with van der Waals surface area (Å²) >= 11 is 0. The molecule has 0 atom stereocenters. The lowest BCUT2D eigenvalue weighted by Gasteiger charge is -2.21. The fourth-order valence-corrected chi connectivity index (χ4v) is 4.34. The number of nitrogens with one attached hydrogen (secondary N) is 1. The molecule has 178 valence electrons. The highest BCUT2D eigenvalue weighted by molar-refractivity contribution is 6.06. The van der Waals surface area contributed by atoms with Gasteiger partial charge in [-0.1, -0.05) is 60.7 Å². The van der Waals surface area contributed by atoms with Gasteiger partial charge in [0.15, 0.2) is 0 Å². The van der Waals surface area contributed by atoms with Crippen molar-refractivity contribution in [2.45, 2.75) is 13.8 Å². The molecule has 1 heterocycles. The molecule has 5 rings (SSSR count). The van der Waals surface area contributed by atoms with Crippen LogP contribution in [0, 0.1) is 0 Å². The Morgan fingerprint density at radius 3 is 1.81 bits per heavy atom. The molecule has 36 heavy (non-hydrogen) atoms. The molecule has 5 nitrogen and oxygen atoms in total. The van der Waals surface area contributed by atoms with Crippen LogP contribution < -0.4 is 10.2 Å². The fraction of sp³-hybridized carbons (Fsp3) is 0.129. The maximum atomic E-state index is 13.1. The van der Waals surface area contributed by atoms with Crippen LogP contribution in [-0.4, -0.2) is 29.0 Å². The van der Waals surface area contributed by atoms with Crippen LogP contribution in [0.2, 0.25) is 0 Å². The van der Waals surface area contributed by atoms with Gasteiger partial charge in [-0.3, -0.25) is 4.79 Å². The number of nitrogens with zero attached hydrogens (tertiary/aromatic N) is 3. The van der Waals surface area contributed by atoms with E-state index >= 15 is 0 Å². The van der Waals surface area contributed by atoms with Gasteiger partial charge in [0.05, 0.1) is 22.4 Å². The minimum absolute atomic E-state index is 0.178. The first-order valence-corrected chi connectivity index (χ1v) is 12.2. The van der Waals surface area contributed by atoms with Crippen LogP contribution in [0.4, 0.5) is 11.4 Å². The molecule has 0 radical (unpaired) electrons. The van der Waals surface area contributed by atoms with Gasteiger partial charge in [-0.2, -0.15) is 0 Å². The first-order valence-electron chi connectivity index (χ1n) is 12.2. The molecule has 0 bridgehead atoms. The smallest absolute Gasteiger partial charge is 0.255 e. The maximum absolute atomic E-state index is 13.1. The number of carbonyl (C=O) groups excluding carboxylic acids is 1. The Hall–Kier alpha value is -4.51. The minimum atomic E-state index is -0.178. The second-order valence-corrected chi connectivity index (χ2v) is 8.53. The van der Waals surface area contributed by atoms with Crippen molar-refractivity contribution in [1.82, 2.24) is 9.97 Å². The zero-order chi connectivity index (χ0) is 24.9. The Bertz CT molecular complexity index is 1480. The van der Waals surface area contributed by atoms with Crippen molar-refractivity contribution >= 4 is 28.3 Å². The summed E-state index contributed by atoms with van der Waals surface area (Å²) in [5, 5.41) is 3.00. The molecule has 0 fully saturated rings. The predicted octanol–water partition coefficient (Wildman–Crippen LogP) is 7.06. The van der Waals surface area contributed by atoms with Crippen molar-refractivity contribution in [1.29, 1.82) is 0 Å². The van der Waals surface area contributed by atoms with Crippen molar-refractivity contribution in [2.75, 3.05) is 23.3 Å². The fourth-order valence-electron chi connectivity index (χ4n) is 4.34. The summed E-state index contributed by atoms with van der Waals surface area (Å²) in [6, 6.07) is 33.5. The van der Waals surface area contributed by atoms with E-state index in [1.165, 1.54) is 0 Å². The molecule has 0 saturated heterocycles. The summed E-state index contributed by atoms with van der Waals surface area (Å²) in [7, 11) is 0. The standard InChI is InChI=1S/C31H28N4O/c1-3-35(4-2)26-18-16-25(17-19-26)32-31(36)24-15-20-27-28(21-24)34-30(23-13-9-6-10-14-23)29(33-27)22-11-7-5-8-12-22/h5-21H,3-4H2,1-2H3,(H,32,36). The van der Waals surface area contributed by atoms with Crippen LogP contribution in [0.3, 0.4) is 0 Å². The number of hydrogen-bond acceptors (Lipinski definition) is 4. The molecule has 5 heteroatoms. The Morgan fingerprint density at radius 1 is 0.694 bits per heavy atom. The van der Waals surface area contributed by atoms with Crippen LogP contribution >= 0.6 is 0 Å². The van der Waals surface area contributed by atoms with Gasteiger partial charge in [-0.05, 0) is 56.3 Å². The van der Waals surface area contributed by atoms with E-state index in [4.69, 9.17) is 9.97 Å². The molecule has 0 aliphatic rings. The SMILES string of the molecule is CCN(CC)c1ccc(NC(=O)c2ccc3nc(-c4ccccc4)c(-c4ccccc4)nc3c2)cc1. The number of anilines is 2. The molecule has 0 aliphatic carbocycles. The molecule has 5 aromatic rings. The molecule has 0 saturated carbocycles. The minimum Gasteiger partial charge on any atom is -0.372 e. The van der Waals surface area contributed by atoms with Crippen LogP contribution in [0.5, 0.6) is 0 Å². The van der Waals surface area contributed by atoms with E-state index < -0.39 is 0 Å². The third-order valence-electron chi connectivity index (χ3n) is 6.27. The van der Waals surface area contributed by atoms with Crippen LogP contribution in [0.25, 0.3) is 33.5 Å². The van der Waals surface area contributed by atoms with Crippen molar-refractivity contribution < 1.29 is 4.79 Å². The van der Waals surface area contributed by atoms with E-state index in [9.17, 15) is 4.79 Å². The largest absolute Gasteiger partial charge is 0.372 e. The molecule has 1 amide bonds. The Kier molecular flexibility index (Phi) is 6.72. The molecule has 0 unspecified atom stereocenters. The number of benzene rings is 4. The average molecular weight is 473 g/mol. The topological polar surface area (TPSA) is 58.1 Å². The van der Waals surface area contributed by atoms with E-state index in [-0.39, 0.29) is 5.91 Å². The third-order valence-corrected chi connectivity index (χ3v) is 6.27. The molecule has 1 aromatic heterocycles. The number of carbonyl (C=O) groups is 1. The zero-order valence-corrected chi connectivity index (χ0v) is 20.5.